The zero-order chi connectivity index (χ0) is 19.6. The molecule has 3 aliphatic rings. The van der Waals surface area contributed by atoms with Crippen molar-refractivity contribution in [2.45, 2.75) is 38.9 Å². The Morgan fingerprint density at radius 1 is 0.931 bits per heavy atom. The third-order valence-corrected chi connectivity index (χ3v) is 6.62. The maximum Gasteiger partial charge on any atom is 0.0648 e. The first-order valence-corrected chi connectivity index (χ1v) is 10.8. The predicted molar refractivity (Wildman–Crippen MR) is 117 cm³/mol. The Morgan fingerprint density at radius 3 is 2.62 bits per heavy atom. The molecule has 6 rings (SSSR count). The van der Waals surface area contributed by atoms with E-state index in [4.69, 9.17) is 0 Å². The molecule has 3 aromatic rings. The Kier molecular flexibility index (Phi) is 5.21. The number of fused-ring (bicyclic) bond motifs is 4. The maximum atomic E-state index is 4.36. The summed E-state index contributed by atoms with van der Waals surface area (Å²) in [7, 11) is 0. The molecule has 0 aliphatic carbocycles. The molecule has 0 N–H and O–H groups in total. The zero-order valence-corrected chi connectivity index (χ0v) is 17.2. The Labute approximate surface area is 173 Å². The maximum absolute atomic E-state index is 4.36. The van der Waals surface area contributed by atoms with Crippen molar-refractivity contribution in [3.63, 3.8) is 0 Å². The van der Waals surface area contributed by atoms with Crippen LogP contribution >= 0.6 is 0 Å². The summed E-state index contributed by atoms with van der Waals surface area (Å²) >= 11 is 0. The van der Waals surface area contributed by atoms with E-state index >= 15 is 0 Å². The number of aryl methyl sites for hydroxylation is 1. The highest BCUT2D eigenvalue weighted by atomic mass is 15.3. The van der Waals surface area contributed by atoms with E-state index in [1.165, 1.54) is 49.2 Å². The molecule has 29 heavy (non-hydrogen) atoms. The van der Waals surface area contributed by atoms with Gasteiger partial charge in [-0.1, -0.05) is 36.4 Å². The average molecular weight is 387 g/mol. The first kappa shape index (κ1) is 18.6. The van der Waals surface area contributed by atoms with Crippen LogP contribution in [0.25, 0.3) is 5.69 Å². The van der Waals surface area contributed by atoms with Crippen molar-refractivity contribution < 1.29 is 0 Å². The highest BCUT2D eigenvalue weighted by Crippen LogP contribution is 2.30. The van der Waals surface area contributed by atoms with Crippen LogP contribution in [0.2, 0.25) is 0 Å². The summed E-state index contributed by atoms with van der Waals surface area (Å²) in [6.45, 7) is 8.03. The second kappa shape index (κ2) is 8.13. The van der Waals surface area contributed by atoms with E-state index in [-0.39, 0.29) is 0 Å². The third-order valence-electron chi connectivity index (χ3n) is 6.62. The normalized spacial score (nSPS) is 22.7. The van der Waals surface area contributed by atoms with Crippen LogP contribution in [0.3, 0.4) is 0 Å². The minimum atomic E-state index is 0.678. The molecule has 0 unspecified atom stereocenters. The SMILES string of the molecule is Cc1cc(-n2cccn2)ccc1CN1C[C@H]2CC[C@@H](C1)N(Cc1ccccc1)C2. The van der Waals surface area contributed by atoms with Gasteiger partial charge in [-0.2, -0.15) is 5.10 Å². The summed E-state index contributed by atoms with van der Waals surface area (Å²) in [5.74, 6) is 0.793. The van der Waals surface area contributed by atoms with Crippen molar-refractivity contribution >= 4 is 0 Å². The monoisotopic (exact) mass is 386 g/mol. The Bertz CT molecular complexity index is 935. The largest absolute Gasteiger partial charge is 0.297 e. The molecule has 0 radical (unpaired) electrons. The van der Waals surface area contributed by atoms with Crippen molar-refractivity contribution in [1.29, 1.82) is 0 Å². The second-order valence-electron chi connectivity index (χ2n) is 8.77. The molecule has 3 aliphatic heterocycles. The molecule has 150 valence electrons. The number of nitrogens with zero attached hydrogens (tertiary/aromatic N) is 4. The molecule has 3 fully saturated rings. The van der Waals surface area contributed by atoms with E-state index in [2.05, 4.69) is 70.4 Å². The summed E-state index contributed by atoms with van der Waals surface area (Å²) in [5.41, 5.74) is 5.38. The van der Waals surface area contributed by atoms with E-state index in [0.29, 0.717) is 6.04 Å². The summed E-state index contributed by atoms with van der Waals surface area (Å²) < 4.78 is 1.93. The topological polar surface area (TPSA) is 24.3 Å². The van der Waals surface area contributed by atoms with Gasteiger partial charge in [0.05, 0.1) is 5.69 Å². The highest BCUT2D eigenvalue weighted by molar-refractivity contribution is 5.39. The number of benzene rings is 2. The van der Waals surface area contributed by atoms with E-state index in [9.17, 15) is 0 Å². The minimum Gasteiger partial charge on any atom is -0.297 e. The summed E-state index contributed by atoms with van der Waals surface area (Å²) in [6.07, 6.45) is 6.55. The molecular formula is C25H30N4. The third kappa shape index (κ3) is 4.14. The molecule has 4 heterocycles. The van der Waals surface area contributed by atoms with E-state index in [1.54, 1.807) is 0 Å². The lowest BCUT2D eigenvalue weighted by molar-refractivity contribution is 0.123. The fourth-order valence-electron chi connectivity index (χ4n) is 5.08. The Balaban J connectivity index is 1.28. The lowest BCUT2D eigenvalue weighted by Gasteiger charge is -2.36. The van der Waals surface area contributed by atoms with Crippen LogP contribution in [0.1, 0.15) is 29.5 Å². The molecule has 4 nitrogen and oxygen atoms in total. The van der Waals surface area contributed by atoms with Crippen molar-refractivity contribution in [2.24, 2.45) is 5.92 Å². The molecular weight excluding hydrogens is 356 g/mol. The van der Waals surface area contributed by atoms with Crippen LogP contribution in [-0.2, 0) is 13.1 Å². The van der Waals surface area contributed by atoms with Gasteiger partial charge in [-0.3, -0.25) is 9.80 Å². The number of rotatable bonds is 5. The molecule has 2 aromatic carbocycles. The summed E-state index contributed by atoms with van der Waals surface area (Å²) in [6, 6.07) is 20.4. The standard InChI is InChI=1S/C25H30N4/c1-20-14-24(29-13-5-12-26-29)11-9-23(20)18-27-15-22-8-10-25(19-27)28(17-22)16-21-6-3-2-4-7-21/h2-7,9,11-14,22,25H,8,10,15-19H2,1H3/t22-,25+/m1/s1. The van der Waals surface area contributed by atoms with Gasteiger partial charge in [0.25, 0.3) is 0 Å². The molecule has 0 saturated carbocycles. The molecule has 0 spiro atoms. The van der Waals surface area contributed by atoms with Gasteiger partial charge in [-0.15, -0.1) is 0 Å². The lowest BCUT2D eigenvalue weighted by Crippen LogP contribution is -2.43. The van der Waals surface area contributed by atoms with Gasteiger partial charge in [-0.25, -0.2) is 4.68 Å². The highest BCUT2D eigenvalue weighted by Gasteiger charge is 2.34. The fourth-order valence-corrected chi connectivity index (χ4v) is 5.08. The van der Waals surface area contributed by atoms with Gasteiger partial charge in [0.2, 0.25) is 0 Å². The van der Waals surface area contributed by atoms with Crippen LogP contribution in [0.5, 0.6) is 0 Å². The number of aromatic nitrogens is 2. The van der Waals surface area contributed by atoms with Crippen LogP contribution in [0, 0.1) is 12.8 Å². The lowest BCUT2D eigenvalue weighted by atomic mass is 9.94. The summed E-state index contributed by atoms with van der Waals surface area (Å²) in [4.78, 5) is 5.43. The minimum absolute atomic E-state index is 0.678. The number of hydrogen-bond donors (Lipinski definition) is 0. The van der Waals surface area contributed by atoms with E-state index < -0.39 is 0 Å². The van der Waals surface area contributed by atoms with Crippen LogP contribution in [0.4, 0.5) is 0 Å². The van der Waals surface area contributed by atoms with Crippen LogP contribution < -0.4 is 0 Å². The molecule has 2 bridgehead atoms. The van der Waals surface area contributed by atoms with E-state index in [0.717, 1.165) is 24.7 Å². The molecule has 2 atom stereocenters. The number of piperidine rings is 1. The first-order valence-electron chi connectivity index (χ1n) is 10.8. The van der Waals surface area contributed by atoms with E-state index in [1.807, 2.05) is 23.1 Å². The van der Waals surface area contributed by atoms with Crippen molar-refractivity contribution in [3.8, 4) is 5.69 Å². The Morgan fingerprint density at radius 2 is 1.83 bits per heavy atom. The van der Waals surface area contributed by atoms with Crippen molar-refractivity contribution in [1.82, 2.24) is 19.6 Å². The fraction of sp³-hybridized carbons (Fsp3) is 0.400. The van der Waals surface area contributed by atoms with Crippen LogP contribution in [-0.4, -0.2) is 45.3 Å². The Hall–Kier alpha value is -2.43. The average Bonchev–Trinajstić information content (AvgIpc) is 3.14. The van der Waals surface area contributed by atoms with Gasteiger partial charge in [0, 0.05) is 51.2 Å². The van der Waals surface area contributed by atoms with Crippen molar-refractivity contribution in [3.05, 3.63) is 83.7 Å². The van der Waals surface area contributed by atoms with Gasteiger partial charge in [0.1, 0.15) is 0 Å². The second-order valence-corrected chi connectivity index (χ2v) is 8.77. The predicted octanol–water partition coefficient (Wildman–Crippen LogP) is 4.28. The molecule has 3 saturated heterocycles. The van der Waals surface area contributed by atoms with Gasteiger partial charge >= 0.3 is 0 Å². The van der Waals surface area contributed by atoms with Gasteiger partial charge < -0.3 is 0 Å². The smallest absolute Gasteiger partial charge is 0.0648 e. The van der Waals surface area contributed by atoms with Gasteiger partial charge in [0.15, 0.2) is 0 Å². The molecule has 0 amide bonds. The summed E-state index contributed by atoms with van der Waals surface area (Å²) in [5, 5.41) is 4.36. The van der Waals surface area contributed by atoms with Gasteiger partial charge in [-0.05, 0) is 60.6 Å². The zero-order valence-electron chi connectivity index (χ0n) is 17.2. The first-order chi connectivity index (χ1) is 14.2. The molecule has 1 aromatic heterocycles. The van der Waals surface area contributed by atoms with Crippen LogP contribution in [0.15, 0.2) is 67.0 Å². The quantitative estimate of drug-likeness (QED) is 0.654. The van der Waals surface area contributed by atoms with Crippen molar-refractivity contribution in [2.75, 3.05) is 19.6 Å². The molecule has 4 heteroatoms. The number of hydrogen-bond acceptors (Lipinski definition) is 3.